The molecule has 1 aromatic heterocycles. The largest absolute Gasteiger partial charge is 0.481 e. The van der Waals surface area contributed by atoms with Crippen LogP contribution in [0, 0.1) is 17.0 Å². The Labute approximate surface area is 94.1 Å². The lowest BCUT2D eigenvalue weighted by Crippen LogP contribution is -2.09. The first-order valence-electron chi connectivity index (χ1n) is 4.47. The highest BCUT2D eigenvalue weighted by molar-refractivity contribution is 5.70. The Hall–Kier alpha value is -2.12. The molecule has 0 bridgehead atoms. The molecule has 1 aromatic rings. The van der Waals surface area contributed by atoms with Gasteiger partial charge in [-0.25, -0.2) is 8.78 Å². The van der Waals surface area contributed by atoms with E-state index < -0.39 is 35.0 Å². The Kier molecular flexibility index (Phi) is 3.66. The van der Waals surface area contributed by atoms with Gasteiger partial charge in [0.2, 0.25) is 0 Å². The first-order valence-corrected chi connectivity index (χ1v) is 4.47. The molecular weight excluding hydrogens is 238 g/mol. The summed E-state index contributed by atoms with van der Waals surface area (Å²) in [6, 6.07) is 0. The van der Waals surface area contributed by atoms with Crippen molar-refractivity contribution in [3.8, 4) is 0 Å². The molecule has 0 spiro atoms. The lowest BCUT2D eigenvalue weighted by molar-refractivity contribution is -0.385. The molecule has 1 rings (SSSR count). The van der Waals surface area contributed by atoms with Crippen LogP contribution in [-0.4, -0.2) is 21.0 Å². The van der Waals surface area contributed by atoms with Crippen LogP contribution in [0.25, 0.3) is 0 Å². The van der Waals surface area contributed by atoms with Gasteiger partial charge in [-0.05, 0) is 6.92 Å². The van der Waals surface area contributed by atoms with Gasteiger partial charge in [0.15, 0.2) is 0 Å². The van der Waals surface area contributed by atoms with Crippen molar-refractivity contribution in [2.45, 2.75) is 19.8 Å². The Morgan fingerprint density at radius 1 is 1.65 bits per heavy atom. The topological polar surface area (TPSA) is 93.3 Å². The van der Waals surface area contributed by atoms with Crippen molar-refractivity contribution in [2.24, 2.45) is 0 Å². The maximum absolute atomic E-state index is 12.7. The van der Waals surface area contributed by atoms with Crippen LogP contribution in [0.3, 0.4) is 0 Å². The van der Waals surface area contributed by atoms with E-state index in [0.717, 1.165) is 13.1 Å². The first kappa shape index (κ1) is 12.9. The fourth-order valence-electron chi connectivity index (χ4n) is 1.42. The number of aromatic nitrogens is 1. The van der Waals surface area contributed by atoms with E-state index in [1.807, 2.05) is 0 Å². The summed E-state index contributed by atoms with van der Waals surface area (Å²) in [6.45, 7) is 1.15. The van der Waals surface area contributed by atoms with Gasteiger partial charge in [0.05, 0.1) is 17.0 Å². The molecule has 0 aromatic carbocycles. The summed E-state index contributed by atoms with van der Waals surface area (Å²) in [7, 11) is 0. The van der Waals surface area contributed by atoms with Gasteiger partial charge < -0.3 is 5.11 Å². The van der Waals surface area contributed by atoms with Gasteiger partial charge in [-0.3, -0.25) is 19.9 Å². The Bertz CT molecular complexity index is 476. The minimum Gasteiger partial charge on any atom is -0.481 e. The number of carbonyl (C=O) groups is 1. The van der Waals surface area contributed by atoms with Gasteiger partial charge in [-0.1, -0.05) is 0 Å². The van der Waals surface area contributed by atoms with Crippen molar-refractivity contribution >= 4 is 11.7 Å². The SMILES string of the molecule is Cc1c([N+](=O)[O-])cnc(CC(=O)O)c1C(F)F. The van der Waals surface area contributed by atoms with Crippen LogP contribution in [-0.2, 0) is 11.2 Å². The van der Waals surface area contributed by atoms with Crippen LogP contribution in [0.2, 0.25) is 0 Å². The van der Waals surface area contributed by atoms with Crippen LogP contribution in [0.5, 0.6) is 0 Å². The molecule has 0 saturated heterocycles. The smallest absolute Gasteiger partial charge is 0.309 e. The molecule has 0 aliphatic carbocycles. The zero-order chi connectivity index (χ0) is 13.2. The third kappa shape index (κ3) is 2.71. The van der Waals surface area contributed by atoms with Crippen LogP contribution in [0.4, 0.5) is 14.5 Å². The van der Waals surface area contributed by atoms with Gasteiger partial charge >= 0.3 is 5.97 Å². The van der Waals surface area contributed by atoms with Crippen molar-refractivity contribution in [2.75, 3.05) is 0 Å². The summed E-state index contributed by atoms with van der Waals surface area (Å²) >= 11 is 0. The van der Waals surface area contributed by atoms with Crippen molar-refractivity contribution in [1.29, 1.82) is 0 Å². The van der Waals surface area contributed by atoms with Crippen molar-refractivity contribution in [3.05, 3.63) is 33.1 Å². The van der Waals surface area contributed by atoms with Crippen LogP contribution in [0.15, 0.2) is 6.20 Å². The average molecular weight is 246 g/mol. The molecular formula is C9H8F2N2O4. The first-order chi connectivity index (χ1) is 7.84. The highest BCUT2D eigenvalue weighted by atomic mass is 19.3. The van der Waals surface area contributed by atoms with Gasteiger partial charge in [-0.15, -0.1) is 0 Å². The lowest BCUT2D eigenvalue weighted by atomic mass is 10.0. The predicted octanol–water partition coefficient (Wildman–Crippen LogP) is 1.86. The molecule has 0 aliphatic heterocycles. The van der Waals surface area contributed by atoms with E-state index in [2.05, 4.69) is 4.98 Å². The average Bonchev–Trinajstić information content (AvgIpc) is 2.15. The number of hydrogen-bond acceptors (Lipinski definition) is 4. The summed E-state index contributed by atoms with van der Waals surface area (Å²) in [5.74, 6) is -1.33. The normalized spacial score (nSPS) is 10.6. The van der Waals surface area contributed by atoms with Gasteiger partial charge in [0, 0.05) is 11.1 Å². The van der Waals surface area contributed by atoms with Gasteiger partial charge in [-0.2, -0.15) is 0 Å². The minimum atomic E-state index is -3.00. The molecule has 0 saturated carbocycles. The Balaban J connectivity index is 3.39. The van der Waals surface area contributed by atoms with E-state index in [1.165, 1.54) is 0 Å². The summed E-state index contributed by atoms with van der Waals surface area (Å²) < 4.78 is 25.5. The summed E-state index contributed by atoms with van der Waals surface area (Å²) in [6.07, 6.45) is -2.91. The molecule has 0 amide bonds. The molecule has 8 heteroatoms. The molecule has 0 atom stereocenters. The quantitative estimate of drug-likeness (QED) is 0.646. The highest BCUT2D eigenvalue weighted by Crippen LogP contribution is 2.30. The third-order valence-electron chi connectivity index (χ3n) is 2.18. The third-order valence-corrected chi connectivity index (χ3v) is 2.18. The van der Waals surface area contributed by atoms with E-state index in [1.54, 1.807) is 0 Å². The van der Waals surface area contributed by atoms with Crippen LogP contribution in [0.1, 0.15) is 23.2 Å². The molecule has 6 nitrogen and oxygen atoms in total. The fourth-order valence-corrected chi connectivity index (χ4v) is 1.42. The second kappa shape index (κ2) is 4.81. The molecule has 0 aliphatic rings. The van der Waals surface area contributed by atoms with E-state index in [4.69, 9.17) is 5.11 Å². The number of pyridine rings is 1. The summed E-state index contributed by atoms with van der Waals surface area (Å²) in [5, 5.41) is 19.1. The van der Waals surface area contributed by atoms with Gasteiger partial charge in [0.25, 0.3) is 12.1 Å². The molecule has 17 heavy (non-hydrogen) atoms. The molecule has 1 N–H and O–H groups in total. The second-order valence-electron chi connectivity index (χ2n) is 3.26. The van der Waals surface area contributed by atoms with Crippen LogP contribution >= 0.6 is 0 Å². The van der Waals surface area contributed by atoms with Crippen molar-refractivity contribution in [3.63, 3.8) is 0 Å². The summed E-state index contributed by atoms with van der Waals surface area (Å²) in [4.78, 5) is 23.6. The zero-order valence-electron chi connectivity index (χ0n) is 8.68. The number of carboxylic acid groups (broad SMARTS) is 1. The predicted molar refractivity (Wildman–Crippen MR) is 51.9 cm³/mol. The maximum atomic E-state index is 12.7. The molecule has 0 fully saturated rings. The maximum Gasteiger partial charge on any atom is 0.309 e. The van der Waals surface area contributed by atoms with Crippen molar-refractivity contribution < 1.29 is 23.6 Å². The fraction of sp³-hybridized carbons (Fsp3) is 0.333. The molecule has 0 radical (unpaired) electrons. The van der Waals surface area contributed by atoms with Crippen LogP contribution < -0.4 is 0 Å². The van der Waals surface area contributed by atoms with E-state index in [-0.39, 0.29) is 11.3 Å². The number of hydrogen-bond donors (Lipinski definition) is 1. The van der Waals surface area contributed by atoms with Crippen molar-refractivity contribution in [1.82, 2.24) is 4.98 Å². The number of alkyl halides is 2. The number of aliphatic carboxylic acids is 1. The number of halogens is 2. The highest BCUT2D eigenvalue weighted by Gasteiger charge is 2.25. The number of carboxylic acids is 1. The zero-order valence-corrected chi connectivity index (χ0v) is 8.68. The molecule has 1 heterocycles. The number of rotatable bonds is 4. The second-order valence-corrected chi connectivity index (χ2v) is 3.26. The van der Waals surface area contributed by atoms with E-state index >= 15 is 0 Å². The number of nitrogens with zero attached hydrogens (tertiary/aromatic N) is 2. The molecule has 0 unspecified atom stereocenters. The van der Waals surface area contributed by atoms with E-state index in [9.17, 15) is 23.7 Å². The number of nitro groups is 1. The Morgan fingerprint density at radius 3 is 2.65 bits per heavy atom. The lowest BCUT2D eigenvalue weighted by Gasteiger charge is -2.09. The molecule has 92 valence electrons. The standard InChI is InChI=1S/C9H8F2N2O4/c1-4-6(13(16)17)3-12-5(2-7(14)15)8(4)9(10)11/h3,9H,2H2,1H3,(H,14,15). The monoisotopic (exact) mass is 246 g/mol. The Morgan fingerprint density at radius 2 is 2.24 bits per heavy atom. The van der Waals surface area contributed by atoms with E-state index in [0.29, 0.717) is 0 Å². The van der Waals surface area contributed by atoms with Gasteiger partial charge in [0.1, 0.15) is 6.20 Å². The minimum absolute atomic E-state index is 0.253. The summed E-state index contributed by atoms with van der Waals surface area (Å²) in [5.41, 5.74) is -1.83.